The van der Waals surface area contributed by atoms with Crippen LogP contribution in [0.25, 0.3) is 0 Å². The molecule has 0 atom stereocenters. The Labute approximate surface area is 136 Å². The third kappa shape index (κ3) is 16.4. The fourth-order valence-electron chi connectivity index (χ4n) is 2.36. The van der Waals surface area contributed by atoms with Gasteiger partial charge < -0.3 is 0 Å². The summed E-state index contributed by atoms with van der Waals surface area (Å²) in [6.45, 7) is 4.57. The van der Waals surface area contributed by atoms with Gasteiger partial charge in [0, 0.05) is 0 Å². The van der Waals surface area contributed by atoms with Crippen molar-refractivity contribution in [3.8, 4) is 0 Å². The summed E-state index contributed by atoms with van der Waals surface area (Å²) in [5.74, 6) is 0. The van der Waals surface area contributed by atoms with Crippen molar-refractivity contribution in [1.82, 2.24) is 0 Å². The summed E-state index contributed by atoms with van der Waals surface area (Å²) in [6.07, 6.45) is 22.1. The fourth-order valence-corrected chi connectivity index (χ4v) is 3.05. The van der Waals surface area contributed by atoms with Gasteiger partial charge in [0.05, 0.1) is 0 Å². The van der Waals surface area contributed by atoms with Crippen LogP contribution in [0.4, 0.5) is 0 Å². The molecule has 1 heteroatoms. The summed E-state index contributed by atoms with van der Waals surface area (Å²) < 4.78 is 1.59. The first kappa shape index (κ1) is 19.5. The molecule has 0 radical (unpaired) electrons. The third-order valence-electron chi connectivity index (χ3n) is 3.69. The zero-order valence-corrected chi connectivity index (χ0v) is 15.5. The predicted molar refractivity (Wildman–Crippen MR) is 98.1 cm³/mol. The first-order valence-electron chi connectivity index (χ1n) is 8.65. The normalized spacial score (nSPS) is 12.1. The molecule has 0 spiro atoms. The standard InChI is InChI=1S/C18H35I/c1-3-5-7-9-10-11-12-13-15-17-18(19)16-14-8-6-4-2/h17H,3-16H2,1-2H3/b18-17+. The average Bonchev–Trinajstić information content (AvgIpc) is 2.42. The molecule has 114 valence electrons. The second-order valence-electron chi connectivity index (χ2n) is 5.73. The van der Waals surface area contributed by atoms with Crippen LogP contribution < -0.4 is 0 Å². The first-order chi connectivity index (χ1) is 9.31. The molecule has 0 bridgehead atoms. The summed E-state index contributed by atoms with van der Waals surface area (Å²) in [6, 6.07) is 0. The van der Waals surface area contributed by atoms with E-state index in [0.717, 1.165) is 0 Å². The SMILES string of the molecule is CCCCCCCCCC/C=C(/I)CCCCCC. The van der Waals surface area contributed by atoms with Crippen molar-refractivity contribution in [2.75, 3.05) is 0 Å². The number of unbranched alkanes of at least 4 members (excludes halogenated alkanes) is 11. The Balaban J connectivity index is 3.22. The van der Waals surface area contributed by atoms with Gasteiger partial charge in [-0.1, -0.05) is 84.1 Å². The minimum atomic E-state index is 1.31. The van der Waals surface area contributed by atoms with Crippen molar-refractivity contribution in [2.24, 2.45) is 0 Å². The van der Waals surface area contributed by atoms with Crippen LogP contribution in [-0.4, -0.2) is 0 Å². The molecule has 0 aliphatic heterocycles. The van der Waals surface area contributed by atoms with Gasteiger partial charge in [0.1, 0.15) is 0 Å². The molecule has 0 aromatic rings. The molecule has 0 amide bonds. The fraction of sp³-hybridized carbons (Fsp3) is 0.889. The van der Waals surface area contributed by atoms with Crippen LogP contribution in [0.15, 0.2) is 9.66 Å². The molecule has 0 nitrogen and oxygen atoms in total. The molecular weight excluding hydrogens is 343 g/mol. The molecule has 0 unspecified atom stereocenters. The van der Waals surface area contributed by atoms with Crippen molar-refractivity contribution in [2.45, 2.75) is 104 Å². The van der Waals surface area contributed by atoms with Crippen molar-refractivity contribution in [3.63, 3.8) is 0 Å². The van der Waals surface area contributed by atoms with Gasteiger partial charge in [-0.05, 0) is 51.9 Å². The third-order valence-corrected chi connectivity index (χ3v) is 4.67. The zero-order valence-electron chi connectivity index (χ0n) is 13.4. The highest BCUT2D eigenvalue weighted by Gasteiger charge is 1.94. The first-order valence-corrected chi connectivity index (χ1v) is 9.73. The van der Waals surface area contributed by atoms with E-state index in [1.165, 1.54) is 89.9 Å². The second-order valence-corrected chi connectivity index (χ2v) is 7.11. The monoisotopic (exact) mass is 378 g/mol. The molecule has 0 saturated carbocycles. The molecular formula is C18H35I. The topological polar surface area (TPSA) is 0 Å². The Bertz CT molecular complexity index is 196. The molecule has 19 heavy (non-hydrogen) atoms. The Morgan fingerprint density at radius 2 is 1.16 bits per heavy atom. The van der Waals surface area contributed by atoms with Gasteiger partial charge in [-0.2, -0.15) is 0 Å². The van der Waals surface area contributed by atoms with E-state index < -0.39 is 0 Å². The lowest BCUT2D eigenvalue weighted by molar-refractivity contribution is 0.577. The highest BCUT2D eigenvalue weighted by molar-refractivity contribution is 14.1. The highest BCUT2D eigenvalue weighted by atomic mass is 127. The molecule has 0 fully saturated rings. The van der Waals surface area contributed by atoms with E-state index in [1.807, 2.05) is 0 Å². The van der Waals surface area contributed by atoms with Gasteiger partial charge >= 0.3 is 0 Å². The molecule has 0 aliphatic carbocycles. The van der Waals surface area contributed by atoms with Gasteiger partial charge in [-0.15, -0.1) is 0 Å². The Morgan fingerprint density at radius 3 is 1.74 bits per heavy atom. The second kappa shape index (κ2) is 16.5. The largest absolute Gasteiger partial charge is 0.0752 e. The maximum absolute atomic E-state index is 2.54. The highest BCUT2D eigenvalue weighted by Crippen LogP contribution is 2.18. The maximum atomic E-state index is 2.54. The van der Waals surface area contributed by atoms with Gasteiger partial charge in [-0.25, -0.2) is 0 Å². The van der Waals surface area contributed by atoms with Crippen molar-refractivity contribution < 1.29 is 0 Å². The van der Waals surface area contributed by atoms with Crippen LogP contribution >= 0.6 is 22.6 Å². The number of allylic oxidation sites excluding steroid dienone is 2. The molecule has 0 N–H and O–H groups in total. The maximum Gasteiger partial charge on any atom is -0.0134 e. The minimum absolute atomic E-state index is 1.31. The number of hydrogen-bond acceptors (Lipinski definition) is 0. The molecule has 0 saturated heterocycles. The lowest BCUT2D eigenvalue weighted by Gasteiger charge is -2.01. The number of rotatable bonds is 14. The van der Waals surface area contributed by atoms with Crippen molar-refractivity contribution >= 4 is 22.6 Å². The Kier molecular flexibility index (Phi) is 16.9. The van der Waals surface area contributed by atoms with Gasteiger partial charge in [0.2, 0.25) is 0 Å². The molecule has 0 heterocycles. The van der Waals surface area contributed by atoms with Crippen molar-refractivity contribution in [3.05, 3.63) is 9.66 Å². The summed E-state index contributed by atoms with van der Waals surface area (Å²) in [5.41, 5.74) is 0. The minimum Gasteiger partial charge on any atom is -0.0752 e. The van der Waals surface area contributed by atoms with E-state index in [-0.39, 0.29) is 0 Å². The summed E-state index contributed by atoms with van der Waals surface area (Å²) in [4.78, 5) is 0. The molecule has 0 aromatic carbocycles. The zero-order chi connectivity index (χ0) is 14.2. The quantitative estimate of drug-likeness (QED) is 0.214. The van der Waals surface area contributed by atoms with Crippen LogP contribution in [0.2, 0.25) is 0 Å². The summed E-state index contributed by atoms with van der Waals surface area (Å²) in [7, 11) is 0. The van der Waals surface area contributed by atoms with E-state index in [0.29, 0.717) is 0 Å². The van der Waals surface area contributed by atoms with E-state index in [2.05, 4.69) is 42.5 Å². The lowest BCUT2D eigenvalue weighted by atomic mass is 10.1. The van der Waals surface area contributed by atoms with Gasteiger partial charge in [-0.3, -0.25) is 0 Å². The summed E-state index contributed by atoms with van der Waals surface area (Å²) >= 11 is 2.54. The number of hydrogen-bond donors (Lipinski definition) is 0. The van der Waals surface area contributed by atoms with E-state index in [4.69, 9.17) is 0 Å². The van der Waals surface area contributed by atoms with Crippen LogP contribution in [0.5, 0.6) is 0 Å². The number of halogens is 1. The van der Waals surface area contributed by atoms with Crippen LogP contribution in [0, 0.1) is 0 Å². The van der Waals surface area contributed by atoms with E-state index >= 15 is 0 Å². The Morgan fingerprint density at radius 1 is 0.684 bits per heavy atom. The van der Waals surface area contributed by atoms with Gasteiger partial charge in [0.15, 0.2) is 0 Å². The molecule has 0 aliphatic rings. The van der Waals surface area contributed by atoms with Crippen LogP contribution in [-0.2, 0) is 0 Å². The van der Waals surface area contributed by atoms with Crippen LogP contribution in [0.3, 0.4) is 0 Å². The smallest absolute Gasteiger partial charge is 0.0134 e. The van der Waals surface area contributed by atoms with E-state index in [1.54, 1.807) is 3.58 Å². The average molecular weight is 378 g/mol. The Hall–Kier alpha value is 0.470. The van der Waals surface area contributed by atoms with Crippen molar-refractivity contribution in [1.29, 1.82) is 0 Å². The molecule has 0 rings (SSSR count). The van der Waals surface area contributed by atoms with Gasteiger partial charge in [0.25, 0.3) is 0 Å². The van der Waals surface area contributed by atoms with Crippen LogP contribution in [0.1, 0.15) is 104 Å². The molecule has 0 aromatic heterocycles. The van der Waals surface area contributed by atoms with E-state index in [9.17, 15) is 0 Å². The summed E-state index contributed by atoms with van der Waals surface area (Å²) in [5, 5.41) is 0. The predicted octanol–water partition coefficient (Wildman–Crippen LogP) is 7.81. The lowest BCUT2D eigenvalue weighted by Crippen LogP contribution is -1.81.